The molecule has 0 aliphatic heterocycles. The lowest BCUT2D eigenvalue weighted by Gasteiger charge is -2.26. The van der Waals surface area contributed by atoms with E-state index in [0.717, 1.165) is 24.8 Å². The zero-order valence-corrected chi connectivity index (χ0v) is 16.5. The van der Waals surface area contributed by atoms with Gasteiger partial charge in [0, 0.05) is 0 Å². The van der Waals surface area contributed by atoms with Gasteiger partial charge in [0.05, 0.1) is 6.04 Å². The van der Waals surface area contributed by atoms with E-state index in [2.05, 4.69) is 11.4 Å². The van der Waals surface area contributed by atoms with Gasteiger partial charge in [-0.05, 0) is 54.7 Å². The quantitative estimate of drug-likeness (QED) is 0.596. The van der Waals surface area contributed by atoms with Gasteiger partial charge < -0.3 is 19.2 Å². The summed E-state index contributed by atoms with van der Waals surface area (Å²) in [6, 6.07) is 20.5. The van der Waals surface area contributed by atoms with Gasteiger partial charge in [0.25, 0.3) is 5.91 Å². The van der Waals surface area contributed by atoms with E-state index < -0.39 is 5.97 Å². The number of rotatable bonds is 7. The van der Waals surface area contributed by atoms with E-state index in [1.807, 2.05) is 48.5 Å². The molecular formula is C24H23NO5. The number of furan rings is 1. The first-order valence-electron chi connectivity index (χ1n) is 10.00. The summed E-state index contributed by atoms with van der Waals surface area (Å²) >= 11 is 0. The van der Waals surface area contributed by atoms with Crippen molar-refractivity contribution in [3.8, 4) is 5.75 Å². The average Bonchev–Trinajstić information content (AvgIpc) is 3.26. The SMILES string of the molecule is O=C(COC(=O)c1ccc(COc2ccccc2)o1)NC1CCCc2ccccc21. The van der Waals surface area contributed by atoms with Gasteiger partial charge in [0.15, 0.2) is 6.61 Å². The minimum absolute atomic E-state index is 0.0393. The molecule has 0 bridgehead atoms. The molecule has 0 radical (unpaired) electrons. The molecule has 0 spiro atoms. The van der Waals surface area contributed by atoms with Crippen LogP contribution in [-0.4, -0.2) is 18.5 Å². The largest absolute Gasteiger partial charge is 0.486 e. The second-order valence-electron chi connectivity index (χ2n) is 7.15. The molecule has 3 aromatic rings. The molecule has 2 aromatic carbocycles. The van der Waals surface area contributed by atoms with Crippen LogP contribution in [0.15, 0.2) is 71.1 Å². The topological polar surface area (TPSA) is 77.8 Å². The summed E-state index contributed by atoms with van der Waals surface area (Å²) in [5.41, 5.74) is 2.39. The number of esters is 1. The summed E-state index contributed by atoms with van der Waals surface area (Å²) in [6.45, 7) is -0.160. The van der Waals surface area contributed by atoms with Crippen molar-refractivity contribution < 1.29 is 23.5 Å². The van der Waals surface area contributed by atoms with Gasteiger partial charge in [-0.2, -0.15) is 0 Å². The van der Waals surface area contributed by atoms with Crippen LogP contribution in [0.4, 0.5) is 0 Å². The number of aryl methyl sites for hydroxylation is 1. The van der Waals surface area contributed by atoms with E-state index in [1.54, 1.807) is 6.07 Å². The first-order valence-corrected chi connectivity index (χ1v) is 10.00. The van der Waals surface area contributed by atoms with E-state index in [9.17, 15) is 9.59 Å². The van der Waals surface area contributed by atoms with Crippen molar-refractivity contribution in [1.82, 2.24) is 5.32 Å². The van der Waals surface area contributed by atoms with E-state index >= 15 is 0 Å². The minimum Gasteiger partial charge on any atom is -0.486 e. The summed E-state index contributed by atoms with van der Waals surface area (Å²) in [4.78, 5) is 24.5. The Morgan fingerprint density at radius 3 is 2.67 bits per heavy atom. The van der Waals surface area contributed by atoms with Crippen LogP contribution in [0.2, 0.25) is 0 Å². The monoisotopic (exact) mass is 405 g/mol. The number of benzene rings is 2. The van der Waals surface area contributed by atoms with Crippen LogP contribution in [0.5, 0.6) is 5.75 Å². The molecule has 4 rings (SSSR count). The van der Waals surface area contributed by atoms with E-state index in [4.69, 9.17) is 13.9 Å². The Labute approximate surface area is 174 Å². The highest BCUT2D eigenvalue weighted by Gasteiger charge is 2.22. The Bertz CT molecular complexity index is 1010. The molecule has 1 N–H and O–H groups in total. The molecule has 1 aliphatic rings. The average molecular weight is 405 g/mol. The smallest absolute Gasteiger partial charge is 0.374 e. The predicted octanol–water partition coefficient (Wildman–Crippen LogP) is 4.21. The van der Waals surface area contributed by atoms with Crippen molar-refractivity contribution in [3.63, 3.8) is 0 Å². The molecule has 1 unspecified atom stereocenters. The van der Waals surface area contributed by atoms with Crippen LogP contribution in [0.1, 0.15) is 46.3 Å². The molecule has 154 valence electrons. The van der Waals surface area contributed by atoms with Gasteiger partial charge in [0.2, 0.25) is 5.76 Å². The first kappa shape index (κ1) is 19.8. The van der Waals surface area contributed by atoms with Gasteiger partial charge >= 0.3 is 5.97 Å². The molecule has 1 aliphatic carbocycles. The fraction of sp³-hybridized carbons (Fsp3) is 0.250. The van der Waals surface area contributed by atoms with Gasteiger partial charge in [-0.3, -0.25) is 4.79 Å². The third-order valence-electron chi connectivity index (χ3n) is 5.03. The van der Waals surface area contributed by atoms with Gasteiger partial charge in [0.1, 0.15) is 18.1 Å². The number of hydrogen-bond donors (Lipinski definition) is 1. The molecule has 6 heteroatoms. The number of fused-ring (bicyclic) bond motifs is 1. The Morgan fingerprint density at radius 2 is 1.80 bits per heavy atom. The highest BCUT2D eigenvalue weighted by molar-refractivity contribution is 5.89. The number of para-hydroxylation sites is 1. The highest BCUT2D eigenvalue weighted by atomic mass is 16.6. The lowest BCUT2D eigenvalue weighted by molar-refractivity contribution is -0.125. The van der Waals surface area contributed by atoms with E-state index in [0.29, 0.717) is 11.5 Å². The molecule has 1 aromatic heterocycles. The molecule has 1 heterocycles. The first-order chi connectivity index (χ1) is 14.7. The number of carbonyl (C=O) groups is 2. The van der Waals surface area contributed by atoms with Crippen LogP contribution in [0.25, 0.3) is 0 Å². The van der Waals surface area contributed by atoms with Crippen LogP contribution >= 0.6 is 0 Å². The number of amides is 1. The third-order valence-corrected chi connectivity index (χ3v) is 5.03. The Balaban J connectivity index is 1.26. The molecule has 0 fully saturated rings. The van der Waals surface area contributed by atoms with Crippen LogP contribution in [0.3, 0.4) is 0 Å². The highest BCUT2D eigenvalue weighted by Crippen LogP contribution is 2.29. The summed E-state index contributed by atoms with van der Waals surface area (Å²) < 4.78 is 16.2. The summed E-state index contributed by atoms with van der Waals surface area (Å²) in [7, 11) is 0. The summed E-state index contributed by atoms with van der Waals surface area (Å²) in [5.74, 6) is 0.231. The molecule has 0 saturated carbocycles. The zero-order valence-electron chi connectivity index (χ0n) is 16.5. The normalized spacial score (nSPS) is 15.1. The van der Waals surface area contributed by atoms with E-state index in [1.165, 1.54) is 11.6 Å². The summed E-state index contributed by atoms with van der Waals surface area (Å²) in [6.07, 6.45) is 2.91. The van der Waals surface area contributed by atoms with Crippen molar-refractivity contribution in [2.75, 3.05) is 6.61 Å². The van der Waals surface area contributed by atoms with Crippen LogP contribution < -0.4 is 10.1 Å². The Kier molecular flexibility index (Phi) is 6.13. The minimum atomic E-state index is -0.680. The fourth-order valence-corrected chi connectivity index (χ4v) is 3.58. The zero-order chi connectivity index (χ0) is 20.8. The Morgan fingerprint density at radius 1 is 1.00 bits per heavy atom. The number of nitrogens with one attached hydrogen (secondary N) is 1. The second kappa shape index (κ2) is 9.31. The number of hydrogen-bond acceptors (Lipinski definition) is 5. The molecule has 6 nitrogen and oxygen atoms in total. The van der Waals surface area contributed by atoms with Gasteiger partial charge in [-0.25, -0.2) is 4.79 Å². The maximum absolute atomic E-state index is 12.3. The van der Waals surface area contributed by atoms with E-state index in [-0.39, 0.29) is 30.9 Å². The molecule has 30 heavy (non-hydrogen) atoms. The van der Waals surface area contributed by atoms with Crippen molar-refractivity contribution in [1.29, 1.82) is 0 Å². The summed E-state index contributed by atoms with van der Waals surface area (Å²) in [5, 5.41) is 2.96. The van der Waals surface area contributed by atoms with Crippen molar-refractivity contribution in [2.45, 2.75) is 31.9 Å². The Hall–Kier alpha value is -3.54. The lowest BCUT2D eigenvalue weighted by Crippen LogP contribution is -2.34. The second-order valence-corrected chi connectivity index (χ2v) is 7.15. The van der Waals surface area contributed by atoms with Crippen LogP contribution in [-0.2, 0) is 22.6 Å². The molecule has 1 amide bonds. The molecule has 1 atom stereocenters. The number of ether oxygens (including phenoxy) is 2. The lowest BCUT2D eigenvalue weighted by atomic mass is 9.88. The van der Waals surface area contributed by atoms with Crippen molar-refractivity contribution in [3.05, 3.63) is 89.4 Å². The maximum Gasteiger partial charge on any atom is 0.374 e. The molecule has 0 saturated heterocycles. The number of carbonyl (C=O) groups excluding carboxylic acids is 2. The van der Waals surface area contributed by atoms with Crippen molar-refractivity contribution in [2.24, 2.45) is 0 Å². The third kappa shape index (κ3) is 4.89. The standard InChI is InChI=1S/C24H23NO5/c26-23(25-21-12-6-8-17-7-4-5-11-20(17)21)16-29-24(27)22-14-13-19(30-22)15-28-18-9-2-1-3-10-18/h1-5,7,9-11,13-14,21H,6,8,12,15-16H2,(H,25,26). The van der Waals surface area contributed by atoms with Crippen molar-refractivity contribution >= 4 is 11.9 Å². The van der Waals surface area contributed by atoms with Gasteiger partial charge in [-0.15, -0.1) is 0 Å². The molecular weight excluding hydrogens is 382 g/mol. The van der Waals surface area contributed by atoms with Gasteiger partial charge in [-0.1, -0.05) is 42.5 Å². The maximum atomic E-state index is 12.3. The fourth-order valence-electron chi connectivity index (χ4n) is 3.58. The van der Waals surface area contributed by atoms with Crippen LogP contribution in [0, 0.1) is 0 Å². The predicted molar refractivity (Wildman–Crippen MR) is 110 cm³/mol.